The second kappa shape index (κ2) is 8.11. The zero-order valence-corrected chi connectivity index (χ0v) is 17.1. The van der Waals surface area contributed by atoms with Crippen LogP contribution in [-0.4, -0.2) is 30.4 Å². The van der Waals surface area contributed by atoms with Crippen LogP contribution in [0.2, 0.25) is 0 Å². The molecule has 0 bridgehead atoms. The van der Waals surface area contributed by atoms with E-state index in [0.717, 1.165) is 30.0 Å². The van der Waals surface area contributed by atoms with Crippen LogP contribution in [0.15, 0.2) is 65.4 Å². The molecule has 5 nitrogen and oxygen atoms in total. The Morgan fingerprint density at radius 3 is 2.76 bits per heavy atom. The molecule has 1 aliphatic carbocycles. The molecule has 0 aromatic heterocycles. The van der Waals surface area contributed by atoms with Crippen molar-refractivity contribution in [3.63, 3.8) is 0 Å². The first kappa shape index (κ1) is 19.2. The highest BCUT2D eigenvalue weighted by Crippen LogP contribution is 2.45. The summed E-state index contributed by atoms with van der Waals surface area (Å²) in [5, 5.41) is 7.00. The summed E-state index contributed by atoms with van der Waals surface area (Å²) >= 11 is 0. The monoisotopic (exact) mass is 390 g/mol. The minimum Gasteiger partial charge on any atom is -0.497 e. The number of ether oxygens (including phenoxy) is 2. The van der Waals surface area contributed by atoms with Crippen molar-refractivity contribution in [3.8, 4) is 5.75 Å². The van der Waals surface area contributed by atoms with E-state index in [1.54, 1.807) is 7.11 Å². The van der Waals surface area contributed by atoms with Gasteiger partial charge in [0.2, 0.25) is 0 Å². The number of methoxy groups -OCH3 is 1. The molecule has 0 saturated heterocycles. The number of allylic oxidation sites excluding steroid dienone is 1. The molecule has 1 heterocycles. The normalized spacial score (nSPS) is 20.6. The molecule has 2 aromatic rings. The number of nitrogens with zero attached hydrogens (tertiary/aromatic N) is 2. The number of aryl methyl sites for hydroxylation is 1. The summed E-state index contributed by atoms with van der Waals surface area (Å²) in [7, 11) is 1.69. The summed E-state index contributed by atoms with van der Waals surface area (Å²) in [6.45, 7) is 4.09. The van der Waals surface area contributed by atoms with Gasteiger partial charge in [0.05, 0.1) is 25.5 Å². The van der Waals surface area contributed by atoms with Gasteiger partial charge in [0.25, 0.3) is 0 Å². The van der Waals surface area contributed by atoms with E-state index < -0.39 is 0 Å². The van der Waals surface area contributed by atoms with Crippen molar-refractivity contribution in [2.45, 2.75) is 32.7 Å². The van der Waals surface area contributed by atoms with Crippen LogP contribution in [0.4, 0.5) is 0 Å². The van der Waals surface area contributed by atoms with E-state index in [4.69, 9.17) is 14.6 Å². The summed E-state index contributed by atoms with van der Waals surface area (Å²) in [6.07, 6.45) is 3.52. The zero-order valence-electron chi connectivity index (χ0n) is 17.1. The van der Waals surface area contributed by atoms with Gasteiger partial charge in [-0.25, -0.2) is 4.79 Å². The van der Waals surface area contributed by atoms with E-state index in [1.165, 1.54) is 22.8 Å². The van der Waals surface area contributed by atoms with Crippen LogP contribution < -0.4 is 4.74 Å². The number of fused-ring (bicyclic) bond motifs is 3. The number of benzene rings is 2. The second-order valence-electron chi connectivity index (χ2n) is 7.39. The lowest BCUT2D eigenvalue weighted by Crippen LogP contribution is -2.28. The lowest BCUT2D eigenvalue weighted by molar-refractivity contribution is -0.137. The molecule has 0 radical (unpaired) electrons. The average molecular weight is 390 g/mol. The molecule has 0 spiro atoms. The summed E-state index contributed by atoms with van der Waals surface area (Å²) < 4.78 is 10.5. The first-order chi connectivity index (χ1) is 14.1. The van der Waals surface area contributed by atoms with Gasteiger partial charge in [-0.05, 0) is 56.0 Å². The van der Waals surface area contributed by atoms with Crippen LogP contribution in [0, 0.1) is 5.92 Å². The van der Waals surface area contributed by atoms with E-state index in [-0.39, 0.29) is 17.9 Å². The van der Waals surface area contributed by atoms with Gasteiger partial charge in [0.15, 0.2) is 0 Å². The fourth-order valence-corrected chi connectivity index (χ4v) is 4.33. The molecule has 2 atom stereocenters. The number of rotatable bonds is 5. The van der Waals surface area contributed by atoms with Gasteiger partial charge in [-0.2, -0.15) is 5.10 Å². The Morgan fingerprint density at radius 1 is 1.24 bits per heavy atom. The SMILES string of the molecule is CCOC(=O)/C=C(/C)N1N=C2c3ccc(OC)cc3CC[C@@H]2[C@H]1c1ccccc1. The molecule has 5 heteroatoms. The standard InChI is InChI=1S/C24H26N2O3/c1-4-29-22(27)14-16(2)26-24(17-8-6-5-7-9-17)21-12-10-18-15-19(28-3)11-13-20(18)23(21)25-26/h5-9,11,13-15,21,24H,4,10,12H2,1-3H3/b16-14-/t21-,24+/m0/s1. The maximum absolute atomic E-state index is 12.0. The predicted octanol–water partition coefficient (Wildman–Crippen LogP) is 4.49. The summed E-state index contributed by atoms with van der Waals surface area (Å²) in [5.74, 6) is 0.802. The number of esters is 1. The molecule has 0 amide bonds. The summed E-state index contributed by atoms with van der Waals surface area (Å²) in [4.78, 5) is 12.0. The van der Waals surface area contributed by atoms with E-state index >= 15 is 0 Å². The number of hydrogen-bond acceptors (Lipinski definition) is 5. The maximum Gasteiger partial charge on any atom is 0.332 e. The average Bonchev–Trinajstić information content (AvgIpc) is 3.14. The highest BCUT2D eigenvalue weighted by atomic mass is 16.5. The Hall–Kier alpha value is -3.08. The van der Waals surface area contributed by atoms with Gasteiger partial charge < -0.3 is 9.47 Å². The van der Waals surface area contributed by atoms with E-state index in [2.05, 4.69) is 36.4 Å². The molecule has 1 aliphatic heterocycles. The Labute approximate surface area is 171 Å². The molecule has 0 saturated carbocycles. The number of carbonyl (C=O) groups is 1. The van der Waals surface area contributed by atoms with Gasteiger partial charge in [0.1, 0.15) is 5.75 Å². The van der Waals surface area contributed by atoms with Gasteiger partial charge >= 0.3 is 5.97 Å². The second-order valence-corrected chi connectivity index (χ2v) is 7.39. The first-order valence-electron chi connectivity index (χ1n) is 10.1. The van der Waals surface area contributed by atoms with Crippen molar-refractivity contribution in [1.29, 1.82) is 0 Å². The largest absolute Gasteiger partial charge is 0.497 e. The Balaban J connectivity index is 1.77. The van der Waals surface area contributed by atoms with Crippen molar-refractivity contribution in [3.05, 3.63) is 77.0 Å². The molecule has 0 fully saturated rings. The maximum atomic E-state index is 12.0. The van der Waals surface area contributed by atoms with Crippen LogP contribution in [0.5, 0.6) is 5.75 Å². The highest BCUT2D eigenvalue weighted by Gasteiger charge is 2.42. The zero-order chi connectivity index (χ0) is 20.4. The minimum atomic E-state index is -0.336. The molecule has 2 aliphatic rings. The first-order valence-corrected chi connectivity index (χ1v) is 10.1. The van der Waals surface area contributed by atoms with Crippen molar-refractivity contribution < 1.29 is 14.3 Å². The minimum absolute atomic E-state index is 0.0622. The lowest BCUT2D eigenvalue weighted by atomic mass is 9.77. The third kappa shape index (κ3) is 3.65. The van der Waals surface area contributed by atoms with Crippen LogP contribution in [-0.2, 0) is 16.0 Å². The van der Waals surface area contributed by atoms with Crippen LogP contribution >= 0.6 is 0 Å². The molecule has 2 aromatic carbocycles. The van der Waals surface area contributed by atoms with E-state index in [1.807, 2.05) is 31.0 Å². The van der Waals surface area contributed by atoms with Gasteiger partial charge in [-0.1, -0.05) is 30.3 Å². The van der Waals surface area contributed by atoms with Gasteiger partial charge in [-0.3, -0.25) is 5.01 Å². The fourth-order valence-electron chi connectivity index (χ4n) is 4.33. The van der Waals surface area contributed by atoms with Crippen LogP contribution in [0.3, 0.4) is 0 Å². The Bertz CT molecular complexity index is 965. The lowest BCUT2D eigenvalue weighted by Gasteiger charge is -2.31. The Morgan fingerprint density at radius 2 is 2.03 bits per heavy atom. The third-order valence-corrected chi connectivity index (χ3v) is 5.64. The summed E-state index contributed by atoms with van der Waals surface area (Å²) in [6, 6.07) is 16.7. The number of hydrogen-bond donors (Lipinski definition) is 0. The van der Waals surface area contributed by atoms with Crippen molar-refractivity contribution >= 4 is 11.7 Å². The number of carbonyl (C=O) groups excluding carboxylic acids is 1. The third-order valence-electron chi connectivity index (χ3n) is 5.64. The van der Waals surface area contributed by atoms with E-state index in [9.17, 15) is 4.79 Å². The molecule has 0 unspecified atom stereocenters. The molecular formula is C24H26N2O3. The molecule has 150 valence electrons. The smallest absolute Gasteiger partial charge is 0.332 e. The van der Waals surface area contributed by atoms with Crippen LogP contribution in [0.25, 0.3) is 0 Å². The fraction of sp³-hybridized carbons (Fsp3) is 0.333. The van der Waals surface area contributed by atoms with Gasteiger partial charge in [-0.15, -0.1) is 0 Å². The number of hydrazone groups is 1. The quantitative estimate of drug-likeness (QED) is 0.558. The molecular weight excluding hydrogens is 364 g/mol. The summed E-state index contributed by atoms with van der Waals surface area (Å²) in [5.41, 5.74) is 5.51. The molecule has 4 rings (SSSR count). The van der Waals surface area contributed by atoms with E-state index in [0.29, 0.717) is 6.61 Å². The van der Waals surface area contributed by atoms with Crippen LogP contribution in [0.1, 0.15) is 43.0 Å². The van der Waals surface area contributed by atoms with Gasteiger partial charge in [0, 0.05) is 23.3 Å². The van der Waals surface area contributed by atoms with Crippen molar-refractivity contribution in [2.24, 2.45) is 11.0 Å². The molecule has 0 N–H and O–H groups in total. The topological polar surface area (TPSA) is 51.1 Å². The van der Waals surface area contributed by atoms with Crippen molar-refractivity contribution in [2.75, 3.05) is 13.7 Å². The Kier molecular flexibility index (Phi) is 5.38. The van der Waals surface area contributed by atoms with Crippen molar-refractivity contribution in [1.82, 2.24) is 5.01 Å². The molecule has 29 heavy (non-hydrogen) atoms. The highest BCUT2D eigenvalue weighted by molar-refractivity contribution is 6.06. The predicted molar refractivity (Wildman–Crippen MR) is 113 cm³/mol.